The van der Waals surface area contributed by atoms with Crippen molar-refractivity contribution in [2.75, 3.05) is 0 Å². The smallest absolute Gasteiger partial charge is 0.235 e. The van der Waals surface area contributed by atoms with Crippen LogP contribution in [-0.4, -0.2) is 19.8 Å². The topological polar surface area (TPSA) is 52.3 Å². The lowest BCUT2D eigenvalue weighted by atomic mass is 10.1. The molecule has 0 radical (unpaired) electrons. The number of aromatic nitrogens is 4. The van der Waals surface area contributed by atoms with Gasteiger partial charge in [-0.05, 0) is 35.4 Å². The Morgan fingerprint density at radius 1 is 0.926 bits per heavy atom. The molecule has 132 valence electrons. The molecule has 0 aliphatic carbocycles. The number of benzene rings is 3. The van der Waals surface area contributed by atoms with Crippen LogP contribution in [0.15, 0.2) is 66.7 Å². The van der Waals surface area contributed by atoms with Gasteiger partial charge in [0.25, 0.3) is 0 Å². The molecular formula is C21H16N4OS. The number of fused-ring (bicyclic) bond motifs is 2. The van der Waals surface area contributed by atoms with E-state index in [1.165, 1.54) is 16.7 Å². The highest BCUT2D eigenvalue weighted by Crippen LogP contribution is 2.25. The molecular weight excluding hydrogens is 356 g/mol. The molecule has 5 aromatic rings. The van der Waals surface area contributed by atoms with Crippen LogP contribution in [0.2, 0.25) is 0 Å². The summed E-state index contributed by atoms with van der Waals surface area (Å²) in [6, 6.07) is 22.5. The monoisotopic (exact) mass is 372 g/mol. The van der Waals surface area contributed by atoms with E-state index in [9.17, 15) is 0 Å². The molecule has 0 N–H and O–H groups in total. The second kappa shape index (κ2) is 6.48. The van der Waals surface area contributed by atoms with Crippen LogP contribution in [0.5, 0.6) is 5.75 Å². The fourth-order valence-electron chi connectivity index (χ4n) is 3.11. The molecule has 2 heterocycles. The molecule has 0 spiro atoms. The van der Waals surface area contributed by atoms with E-state index >= 15 is 0 Å². The summed E-state index contributed by atoms with van der Waals surface area (Å²) in [6.45, 7) is 2.46. The minimum Gasteiger partial charge on any atom is -0.486 e. The SMILES string of the molecule is Cc1ccccc1-c1nnc2sc(COc3ccc4ccccc4c3)nn12. The van der Waals surface area contributed by atoms with Gasteiger partial charge in [-0.25, -0.2) is 0 Å². The molecule has 0 atom stereocenters. The summed E-state index contributed by atoms with van der Waals surface area (Å²) in [4.78, 5) is 0.769. The van der Waals surface area contributed by atoms with Crippen LogP contribution < -0.4 is 4.74 Å². The number of hydrogen-bond donors (Lipinski definition) is 0. The van der Waals surface area contributed by atoms with Gasteiger partial charge in [0, 0.05) is 5.56 Å². The van der Waals surface area contributed by atoms with E-state index in [0.29, 0.717) is 6.61 Å². The first-order valence-corrected chi connectivity index (χ1v) is 9.48. The van der Waals surface area contributed by atoms with E-state index in [1.807, 2.05) is 42.5 Å². The average molecular weight is 372 g/mol. The van der Waals surface area contributed by atoms with Crippen LogP contribution in [0, 0.1) is 6.92 Å². The molecule has 0 bridgehead atoms. The van der Waals surface area contributed by atoms with Crippen molar-refractivity contribution in [2.24, 2.45) is 0 Å². The molecule has 5 rings (SSSR count). The van der Waals surface area contributed by atoms with Crippen LogP contribution >= 0.6 is 11.3 Å². The summed E-state index contributed by atoms with van der Waals surface area (Å²) in [6.07, 6.45) is 0. The molecule has 27 heavy (non-hydrogen) atoms. The maximum atomic E-state index is 5.95. The molecule has 2 aromatic heterocycles. The predicted molar refractivity (Wildman–Crippen MR) is 107 cm³/mol. The Hall–Kier alpha value is -3.25. The summed E-state index contributed by atoms with van der Waals surface area (Å²) in [5, 5.41) is 16.4. The van der Waals surface area contributed by atoms with E-state index in [-0.39, 0.29) is 0 Å². The molecule has 0 aliphatic heterocycles. The summed E-state index contributed by atoms with van der Waals surface area (Å²) in [5.41, 5.74) is 2.19. The third-order valence-corrected chi connectivity index (χ3v) is 5.37. The summed E-state index contributed by atoms with van der Waals surface area (Å²) in [5.74, 6) is 1.59. The molecule has 0 aliphatic rings. The van der Waals surface area contributed by atoms with Gasteiger partial charge in [0.05, 0.1) is 0 Å². The van der Waals surface area contributed by atoms with Crippen molar-refractivity contribution in [1.82, 2.24) is 19.8 Å². The molecule has 0 unspecified atom stereocenters. The van der Waals surface area contributed by atoms with Gasteiger partial charge in [-0.1, -0.05) is 65.9 Å². The largest absolute Gasteiger partial charge is 0.486 e. The van der Waals surface area contributed by atoms with Crippen molar-refractivity contribution in [3.8, 4) is 17.1 Å². The zero-order valence-corrected chi connectivity index (χ0v) is 15.5. The van der Waals surface area contributed by atoms with Crippen molar-refractivity contribution in [3.63, 3.8) is 0 Å². The molecule has 6 heteroatoms. The zero-order valence-electron chi connectivity index (χ0n) is 14.7. The number of ether oxygens (including phenoxy) is 1. The maximum Gasteiger partial charge on any atom is 0.235 e. The highest BCUT2D eigenvalue weighted by atomic mass is 32.1. The quantitative estimate of drug-likeness (QED) is 0.450. The molecule has 0 saturated heterocycles. The number of hydrogen-bond acceptors (Lipinski definition) is 5. The van der Waals surface area contributed by atoms with Gasteiger partial charge < -0.3 is 4.74 Å². The summed E-state index contributed by atoms with van der Waals surface area (Å²) >= 11 is 1.49. The highest BCUT2D eigenvalue weighted by molar-refractivity contribution is 7.16. The van der Waals surface area contributed by atoms with Crippen molar-refractivity contribution in [3.05, 3.63) is 77.3 Å². The van der Waals surface area contributed by atoms with Crippen molar-refractivity contribution < 1.29 is 4.74 Å². The van der Waals surface area contributed by atoms with Crippen molar-refractivity contribution in [1.29, 1.82) is 0 Å². The lowest BCUT2D eigenvalue weighted by Crippen LogP contribution is -1.98. The predicted octanol–water partition coefficient (Wildman–Crippen LogP) is 4.89. The van der Waals surface area contributed by atoms with Gasteiger partial charge in [0.1, 0.15) is 12.4 Å². The normalized spacial score (nSPS) is 11.3. The van der Waals surface area contributed by atoms with Crippen molar-refractivity contribution >= 4 is 27.1 Å². The fraction of sp³-hybridized carbons (Fsp3) is 0.0952. The average Bonchev–Trinajstić information content (AvgIpc) is 3.27. The van der Waals surface area contributed by atoms with Gasteiger partial charge >= 0.3 is 0 Å². The first kappa shape index (κ1) is 16.0. The first-order valence-electron chi connectivity index (χ1n) is 8.67. The van der Waals surface area contributed by atoms with Gasteiger partial charge in [-0.2, -0.15) is 9.61 Å². The van der Waals surface area contributed by atoms with E-state index < -0.39 is 0 Å². The molecule has 0 amide bonds. The first-order chi connectivity index (χ1) is 13.3. The minimum atomic E-state index is 0.402. The molecule has 3 aromatic carbocycles. The Balaban J connectivity index is 1.41. The van der Waals surface area contributed by atoms with Gasteiger partial charge in [0.2, 0.25) is 4.96 Å². The standard InChI is InChI=1S/C21H16N4OS/c1-14-6-2-5-9-18(14)20-22-23-21-25(20)24-19(27-21)13-26-17-11-10-15-7-3-4-8-16(15)12-17/h2-12H,13H2,1H3. The Morgan fingerprint density at radius 2 is 1.74 bits per heavy atom. The van der Waals surface area contributed by atoms with E-state index in [0.717, 1.165) is 38.1 Å². The fourth-order valence-corrected chi connectivity index (χ4v) is 3.86. The van der Waals surface area contributed by atoms with Crippen LogP contribution in [0.1, 0.15) is 10.6 Å². The second-order valence-corrected chi connectivity index (χ2v) is 7.37. The summed E-state index contributed by atoms with van der Waals surface area (Å²) < 4.78 is 7.75. The van der Waals surface area contributed by atoms with Gasteiger partial charge in [0.15, 0.2) is 10.8 Å². The van der Waals surface area contributed by atoms with E-state index in [2.05, 4.69) is 46.5 Å². The maximum absolute atomic E-state index is 5.95. The third-order valence-electron chi connectivity index (χ3n) is 4.50. The Bertz CT molecular complexity index is 1260. The second-order valence-electron chi connectivity index (χ2n) is 6.33. The number of aryl methyl sites for hydroxylation is 1. The minimum absolute atomic E-state index is 0.402. The van der Waals surface area contributed by atoms with Gasteiger partial charge in [-0.15, -0.1) is 10.2 Å². The van der Waals surface area contributed by atoms with Crippen LogP contribution in [0.3, 0.4) is 0 Å². The Morgan fingerprint density at radius 3 is 2.63 bits per heavy atom. The van der Waals surface area contributed by atoms with Crippen LogP contribution in [0.25, 0.3) is 27.1 Å². The van der Waals surface area contributed by atoms with E-state index in [1.54, 1.807) is 4.52 Å². The zero-order chi connectivity index (χ0) is 18.2. The highest BCUT2D eigenvalue weighted by Gasteiger charge is 2.15. The molecule has 5 nitrogen and oxygen atoms in total. The molecule has 0 saturated carbocycles. The van der Waals surface area contributed by atoms with Gasteiger partial charge in [-0.3, -0.25) is 0 Å². The summed E-state index contributed by atoms with van der Waals surface area (Å²) in [7, 11) is 0. The third kappa shape index (κ3) is 2.94. The van der Waals surface area contributed by atoms with E-state index in [4.69, 9.17) is 4.74 Å². The molecule has 0 fully saturated rings. The number of rotatable bonds is 4. The van der Waals surface area contributed by atoms with Crippen LogP contribution in [0.4, 0.5) is 0 Å². The van der Waals surface area contributed by atoms with Crippen molar-refractivity contribution in [2.45, 2.75) is 13.5 Å². The lowest BCUT2D eigenvalue weighted by molar-refractivity contribution is 0.304. The number of nitrogens with zero attached hydrogens (tertiary/aromatic N) is 4. The lowest BCUT2D eigenvalue weighted by Gasteiger charge is -2.05. The Kier molecular flexibility index (Phi) is 3.83. The Labute approximate surface area is 159 Å². The van der Waals surface area contributed by atoms with Crippen LogP contribution in [-0.2, 0) is 6.61 Å².